The minimum atomic E-state index is -0.652. The molecule has 0 spiro atoms. The Morgan fingerprint density at radius 2 is 1.90 bits per heavy atom. The van der Waals surface area contributed by atoms with Gasteiger partial charge in [0, 0.05) is 30.6 Å². The van der Waals surface area contributed by atoms with E-state index in [0.717, 1.165) is 18.6 Å². The van der Waals surface area contributed by atoms with Crippen molar-refractivity contribution < 1.29 is 14.0 Å². The van der Waals surface area contributed by atoms with Gasteiger partial charge >= 0.3 is 6.09 Å². The van der Waals surface area contributed by atoms with Gasteiger partial charge in [-0.15, -0.1) is 0 Å². The molecule has 1 aromatic carbocycles. The van der Waals surface area contributed by atoms with Gasteiger partial charge in [0.05, 0.1) is 5.71 Å². The number of halogens is 1. The number of amides is 1. The molecule has 1 amide bonds. The predicted molar refractivity (Wildman–Crippen MR) is 77.7 cm³/mol. The number of piperidine rings is 1. The Morgan fingerprint density at radius 3 is 2.52 bits per heavy atom. The van der Waals surface area contributed by atoms with Gasteiger partial charge in [-0.25, -0.2) is 9.18 Å². The molecule has 2 unspecified atom stereocenters. The smallest absolute Gasteiger partial charge is 0.300 e. The van der Waals surface area contributed by atoms with Gasteiger partial charge in [0.2, 0.25) is 0 Å². The molecule has 2 atom stereocenters. The van der Waals surface area contributed by atoms with Crippen LogP contribution in [0.4, 0.5) is 14.9 Å². The number of nitrogens with zero attached hydrogens (tertiary/aromatic N) is 2. The van der Waals surface area contributed by atoms with Crippen LogP contribution in [0.5, 0.6) is 0 Å². The predicted octanol–water partition coefficient (Wildman–Crippen LogP) is 2.99. The highest BCUT2D eigenvalue weighted by molar-refractivity contribution is 5.88. The zero-order chi connectivity index (χ0) is 14.8. The summed E-state index contributed by atoms with van der Waals surface area (Å²) in [5.74, 6) is -0.351. The number of hydrogen-bond acceptors (Lipinski definition) is 4. The van der Waals surface area contributed by atoms with E-state index in [4.69, 9.17) is 4.84 Å². The largest absolute Gasteiger partial charge is 0.437 e. The maximum atomic E-state index is 12.8. The van der Waals surface area contributed by atoms with Crippen LogP contribution < -0.4 is 5.32 Å². The van der Waals surface area contributed by atoms with E-state index >= 15 is 0 Å². The minimum absolute atomic E-state index is 0.351. The van der Waals surface area contributed by atoms with Crippen LogP contribution in [0.25, 0.3) is 0 Å². The number of carbonyl (C=O) groups is 1. The second kappa shape index (κ2) is 5.81. The van der Waals surface area contributed by atoms with Gasteiger partial charge in [-0.2, -0.15) is 0 Å². The van der Waals surface area contributed by atoms with E-state index in [1.165, 1.54) is 37.1 Å². The number of fused-ring (bicyclic) bond motifs is 2. The molecule has 1 N–H and O–H groups in total. The zero-order valence-electron chi connectivity index (χ0n) is 11.9. The van der Waals surface area contributed by atoms with Crippen molar-refractivity contribution in [2.45, 2.75) is 37.8 Å². The molecule has 2 heterocycles. The first-order chi connectivity index (χ1) is 10.1. The lowest BCUT2D eigenvalue weighted by molar-refractivity contribution is 0.162. The average molecular weight is 291 g/mol. The third-order valence-electron chi connectivity index (χ3n) is 4.28. The van der Waals surface area contributed by atoms with Gasteiger partial charge in [-0.3, -0.25) is 15.1 Å². The van der Waals surface area contributed by atoms with Crippen molar-refractivity contribution >= 4 is 17.5 Å². The van der Waals surface area contributed by atoms with Crippen molar-refractivity contribution in [1.82, 2.24) is 4.90 Å². The van der Waals surface area contributed by atoms with Crippen LogP contribution in [-0.4, -0.2) is 35.8 Å². The van der Waals surface area contributed by atoms with Gasteiger partial charge in [0.1, 0.15) is 5.82 Å². The summed E-state index contributed by atoms with van der Waals surface area (Å²) in [7, 11) is 2.14. The van der Waals surface area contributed by atoms with Crippen molar-refractivity contribution in [3.05, 3.63) is 30.1 Å². The summed E-state index contributed by atoms with van der Waals surface area (Å²) in [5, 5.41) is 6.49. The van der Waals surface area contributed by atoms with Gasteiger partial charge in [-0.05, 0) is 44.2 Å². The Hall–Kier alpha value is -1.95. The molecule has 0 aromatic heterocycles. The van der Waals surface area contributed by atoms with E-state index in [1.54, 1.807) is 0 Å². The van der Waals surface area contributed by atoms with E-state index in [1.807, 2.05) is 0 Å². The summed E-state index contributed by atoms with van der Waals surface area (Å²) in [6.45, 7) is 0. The van der Waals surface area contributed by atoms with Gasteiger partial charge in [-0.1, -0.05) is 5.16 Å². The molecule has 21 heavy (non-hydrogen) atoms. The Kier molecular flexibility index (Phi) is 3.88. The average Bonchev–Trinajstić information content (AvgIpc) is 2.70. The second-order valence-corrected chi connectivity index (χ2v) is 5.63. The van der Waals surface area contributed by atoms with Crippen LogP contribution in [-0.2, 0) is 4.84 Å². The van der Waals surface area contributed by atoms with E-state index < -0.39 is 6.09 Å². The first kappa shape index (κ1) is 14.0. The number of anilines is 1. The molecule has 0 saturated carbocycles. The molecule has 1 aromatic rings. The fourth-order valence-electron chi connectivity index (χ4n) is 3.06. The molecular formula is C15H18FN3O2. The fraction of sp³-hybridized carbons (Fsp3) is 0.467. The summed E-state index contributed by atoms with van der Waals surface area (Å²) in [4.78, 5) is 18.9. The Balaban J connectivity index is 1.54. The molecule has 0 aliphatic carbocycles. The molecule has 112 valence electrons. The number of carbonyl (C=O) groups excluding carboxylic acids is 1. The molecule has 5 nitrogen and oxygen atoms in total. The van der Waals surface area contributed by atoms with Crippen LogP contribution in [0.1, 0.15) is 25.7 Å². The number of benzene rings is 1. The zero-order valence-corrected chi connectivity index (χ0v) is 11.9. The fourth-order valence-corrected chi connectivity index (χ4v) is 3.06. The molecule has 2 bridgehead atoms. The van der Waals surface area contributed by atoms with E-state index in [0.29, 0.717) is 17.8 Å². The number of hydrogen-bond donors (Lipinski definition) is 1. The highest BCUT2D eigenvalue weighted by Gasteiger charge is 2.36. The molecule has 2 aliphatic heterocycles. The topological polar surface area (TPSA) is 53.9 Å². The lowest BCUT2D eigenvalue weighted by atomic mass is 10.0. The van der Waals surface area contributed by atoms with Crippen molar-refractivity contribution in [1.29, 1.82) is 0 Å². The molecule has 2 saturated heterocycles. The van der Waals surface area contributed by atoms with Crippen LogP contribution in [0, 0.1) is 5.82 Å². The van der Waals surface area contributed by atoms with Crippen molar-refractivity contribution in [3.63, 3.8) is 0 Å². The maximum absolute atomic E-state index is 12.8. The molecule has 0 radical (unpaired) electrons. The third-order valence-corrected chi connectivity index (χ3v) is 4.28. The number of nitrogens with one attached hydrogen (secondary N) is 1. The van der Waals surface area contributed by atoms with Crippen LogP contribution in [0.15, 0.2) is 29.4 Å². The van der Waals surface area contributed by atoms with Crippen LogP contribution in [0.2, 0.25) is 0 Å². The summed E-state index contributed by atoms with van der Waals surface area (Å²) in [5.41, 5.74) is 1.42. The quantitative estimate of drug-likeness (QED) is 0.673. The van der Waals surface area contributed by atoms with Crippen molar-refractivity contribution in [2.24, 2.45) is 5.16 Å². The molecule has 2 aliphatic rings. The molecular weight excluding hydrogens is 273 g/mol. The van der Waals surface area contributed by atoms with Gasteiger partial charge in [0.25, 0.3) is 0 Å². The minimum Gasteiger partial charge on any atom is -0.300 e. The highest BCUT2D eigenvalue weighted by Crippen LogP contribution is 2.32. The maximum Gasteiger partial charge on any atom is 0.437 e. The molecule has 2 fully saturated rings. The Morgan fingerprint density at radius 1 is 1.29 bits per heavy atom. The Labute approximate surface area is 122 Å². The molecule has 3 rings (SSSR count). The summed E-state index contributed by atoms with van der Waals surface area (Å²) in [6.07, 6.45) is 3.43. The van der Waals surface area contributed by atoms with Crippen LogP contribution in [0.3, 0.4) is 0 Å². The first-order valence-electron chi connectivity index (χ1n) is 7.13. The number of oxime groups is 1. The number of rotatable bonds is 2. The van der Waals surface area contributed by atoms with Crippen molar-refractivity contribution in [3.8, 4) is 0 Å². The lowest BCUT2D eigenvalue weighted by Gasteiger charge is -2.31. The van der Waals surface area contributed by atoms with E-state index in [9.17, 15) is 9.18 Å². The van der Waals surface area contributed by atoms with Gasteiger partial charge in [0.15, 0.2) is 0 Å². The third kappa shape index (κ3) is 3.21. The molecule has 6 heteroatoms. The monoisotopic (exact) mass is 291 g/mol. The van der Waals surface area contributed by atoms with Gasteiger partial charge < -0.3 is 0 Å². The second-order valence-electron chi connectivity index (χ2n) is 5.63. The van der Waals surface area contributed by atoms with Crippen molar-refractivity contribution in [2.75, 3.05) is 12.4 Å². The first-order valence-corrected chi connectivity index (χ1v) is 7.13. The highest BCUT2D eigenvalue weighted by atomic mass is 19.1. The SMILES string of the molecule is CN1C2CCC1CC(=NOC(=O)Nc1ccc(F)cc1)C2. The summed E-state index contributed by atoms with van der Waals surface area (Å²) in [6, 6.07) is 6.53. The summed E-state index contributed by atoms with van der Waals surface area (Å²) < 4.78 is 12.8. The standard InChI is InChI=1S/C15H18FN3O2/c1-19-13-6-7-14(19)9-12(8-13)18-21-15(20)17-11-4-2-10(16)3-5-11/h2-5,13-14H,6-9H2,1H3,(H,17,20). The van der Waals surface area contributed by atoms with E-state index in [2.05, 4.69) is 22.4 Å². The lowest BCUT2D eigenvalue weighted by Crippen LogP contribution is -2.40. The Bertz CT molecular complexity index is 543. The van der Waals surface area contributed by atoms with E-state index in [-0.39, 0.29) is 5.82 Å². The van der Waals surface area contributed by atoms with Crippen LogP contribution >= 0.6 is 0 Å². The summed E-state index contributed by atoms with van der Waals surface area (Å²) >= 11 is 0. The normalized spacial score (nSPS) is 24.8.